The molecule has 0 saturated carbocycles. The summed E-state index contributed by atoms with van der Waals surface area (Å²) in [4.78, 5) is 12.8. The zero-order valence-corrected chi connectivity index (χ0v) is 16.2. The van der Waals surface area contributed by atoms with Gasteiger partial charge in [0, 0.05) is 5.56 Å². The Hall–Kier alpha value is -3.94. The van der Waals surface area contributed by atoms with E-state index < -0.39 is 0 Å². The number of aryl methyl sites for hydroxylation is 1. The molecule has 4 aromatic rings. The number of methoxy groups -OCH3 is 2. The molecule has 0 radical (unpaired) electrons. The molecule has 0 unspecified atom stereocenters. The second kappa shape index (κ2) is 7.59. The summed E-state index contributed by atoms with van der Waals surface area (Å²) in [5.41, 5.74) is 3.65. The number of anilines is 1. The molecule has 0 fully saturated rings. The topological polar surface area (TPSA) is 90.6 Å². The fourth-order valence-electron chi connectivity index (χ4n) is 3.07. The number of carbonyl (C=O) groups excluding carboxylic acids is 1. The van der Waals surface area contributed by atoms with Crippen molar-refractivity contribution in [2.75, 3.05) is 19.5 Å². The van der Waals surface area contributed by atoms with Crippen LogP contribution in [0.1, 0.15) is 16.2 Å². The minimum atomic E-state index is -0.386. The van der Waals surface area contributed by atoms with Crippen molar-refractivity contribution in [3.8, 4) is 22.6 Å². The standard InChI is InChI=1S/C21H19N5O3/c1-13-19(21(27)23-17-6-4-5-7-18(17)29-3)24-25-20-16(12-22-26(13)20)14-8-10-15(28-2)11-9-14/h4-12H,1-3H3,(H,23,27). The van der Waals surface area contributed by atoms with Gasteiger partial charge in [0.05, 0.1) is 31.8 Å². The Balaban J connectivity index is 1.68. The van der Waals surface area contributed by atoms with E-state index in [1.807, 2.05) is 36.4 Å². The lowest BCUT2D eigenvalue weighted by Gasteiger charge is -2.10. The first-order valence-corrected chi connectivity index (χ1v) is 8.92. The van der Waals surface area contributed by atoms with E-state index >= 15 is 0 Å². The number of carbonyl (C=O) groups is 1. The molecule has 0 aliphatic rings. The molecule has 2 aromatic carbocycles. The minimum absolute atomic E-state index is 0.188. The Morgan fingerprint density at radius 1 is 1.00 bits per heavy atom. The van der Waals surface area contributed by atoms with Crippen LogP contribution in [0.4, 0.5) is 5.69 Å². The monoisotopic (exact) mass is 389 g/mol. The van der Waals surface area contributed by atoms with E-state index in [-0.39, 0.29) is 11.6 Å². The van der Waals surface area contributed by atoms with Crippen LogP contribution in [0.15, 0.2) is 54.7 Å². The predicted molar refractivity (Wildman–Crippen MR) is 108 cm³/mol. The van der Waals surface area contributed by atoms with Crippen molar-refractivity contribution in [3.05, 3.63) is 66.1 Å². The third-order valence-corrected chi connectivity index (χ3v) is 4.62. The summed E-state index contributed by atoms with van der Waals surface area (Å²) < 4.78 is 12.1. The van der Waals surface area contributed by atoms with E-state index in [4.69, 9.17) is 9.47 Å². The number of fused-ring (bicyclic) bond motifs is 1. The lowest BCUT2D eigenvalue weighted by Crippen LogP contribution is -2.19. The first-order chi connectivity index (χ1) is 14.1. The molecule has 0 spiro atoms. The first kappa shape index (κ1) is 18.4. The number of aromatic nitrogens is 4. The van der Waals surface area contributed by atoms with Gasteiger partial charge in [0.25, 0.3) is 5.91 Å². The van der Waals surface area contributed by atoms with Crippen LogP contribution < -0.4 is 14.8 Å². The van der Waals surface area contributed by atoms with Gasteiger partial charge in [0.2, 0.25) is 0 Å². The highest BCUT2D eigenvalue weighted by molar-refractivity contribution is 6.04. The Morgan fingerprint density at radius 3 is 2.48 bits per heavy atom. The van der Waals surface area contributed by atoms with Gasteiger partial charge in [-0.2, -0.15) is 5.10 Å². The molecule has 8 nitrogen and oxygen atoms in total. The molecular formula is C21H19N5O3. The SMILES string of the molecule is COc1ccc(-c2cnn3c(C)c(C(=O)Nc4ccccc4OC)nnc23)cc1. The van der Waals surface area contributed by atoms with Gasteiger partial charge in [-0.05, 0) is 36.8 Å². The molecule has 1 N–H and O–H groups in total. The highest BCUT2D eigenvalue weighted by atomic mass is 16.5. The highest BCUT2D eigenvalue weighted by Crippen LogP contribution is 2.27. The van der Waals surface area contributed by atoms with Gasteiger partial charge < -0.3 is 14.8 Å². The van der Waals surface area contributed by atoms with Gasteiger partial charge in [-0.3, -0.25) is 4.79 Å². The number of rotatable bonds is 5. The highest BCUT2D eigenvalue weighted by Gasteiger charge is 2.19. The number of ether oxygens (including phenoxy) is 2. The largest absolute Gasteiger partial charge is 0.497 e. The van der Waals surface area contributed by atoms with E-state index in [1.165, 1.54) is 0 Å². The average molecular weight is 389 g/mol. The summed E-state index contributed by atoms with van der Waals surface area (Å²) in [6.45, 7) is 1.78. The van der Waals surface area contributed by atoms with E-state index in [0.29, 0.717) is 22.8 Å². The van der Waals surface area contributed by atoms with Crippen LogP contribution in [-0.4, -0.2) is 39.9 Å². The van der Waals surface area contributed by atoms with E-state index in [1.54, 1.807) is 44.0 Å². The van der Waals surface area contributed by atoms with Crippen LogP contribution in [0.5, 0.6) is 11.5 Å². The molecule has 0 saturated heterocycles. The van der Waals surface area contributed by atoms with Gasteiger partial charge in [-0.15, -0.1) is 10.2 Å². The number of benzene rings is 2. The van der Waals surface area contributed by atoms with Crippen molar-refractivity contribution >= 4 is 17.2 Å². The van der Waals surface area contributed by atoms with Crippen LogP contribution in [0.25, 0.3) is 16.8 Å². The van der Waals surface area contributed by atoms with Gasteiger partial charge in [0.15, 0.2) is 11.3 Å². The van der Waals surface area contributed by atoms with E-state index in [9.17, 15) is 4.79 Å². The molecule has 146 valence electrons. The summed E-state index contributed by atoms with van der Waals surface area (Å²) in [7, 11) is 3.17. The van der Waals surface area contributed by atoms with Crippen molar-refractivity contribution in [1.29, 1.82) is 0 Å². The van der Waals surface area contributed by atoms with Crippen molar-refractivity contribution in [1.82, 2.24) is 19.8 Å². The quantitative estimate of drug-likeness (QED) is 0.563. The van der Waals surface area contributed by atoms with Gasteiger partial charge in [-0.25, -0.2) is 4.52 Å². The summed E-state index contributed by atoms with van der Waals surface area (Å²) in [5.74, 6) is 0.944. The molecule has 29 heavy (non-hydrogen) atoms. The average Bonchev–Trinajstić information content (AvgIpc) is 3.19. The Kier molecular flexibility index (Phi) is 4.82. The molecular weight excluding hydrogens is 370 g/mol. The molecule has 8 heteroatoms. The first-order valence-electron chi connectivity index (χ1n) is 8.92. The molecule has 0 bridgehead atoms. The Labute approximate surface area is 167 Å². The maximum Gasteiger partial charge on any atom is 0.278 e. The van der Waals surface area contributed by atoms with Crippen molar-refractivity contribution in [2.45, 2.75) is 6.92 Å². The number of hydrogen-bond donors (Lipinski definition) is 1. The minimum Gasteiger partial charge on any atom is -0.497 e. The summed E-state index contributed by atoms with van der Waals surface area (Å²) in [6.07, 6.45) is 1.71. The predicted octanol–water partition coefficient (Wildman–Crippen LogP) is 3.37. The zero-order chi connectivity index (χ0) is 20.4. The van der Waals surface area contributed by atoms with Crippen LogP contribution in [0.2, 0.25) is 0 Å². The summed E-state index contributed by atoms with van der Waals surface area (Å²) in [6, 6.07) is 14.8. The number of nitrogens with one attached hydrogen (secondary N) is 1. The molecule has 0 atom stereocenters. The Bertz CT molecular complexity index is 1180. The van der Waals surface area contributed by atoms with Crippen LogP contribution in [0.3, 0.4) is 0 Å². The maximum absolute atomic E-state index is 12.8. The molecule has 1 amide bonds. The van der Waals surface area contributed by atoms with Crippen molar-refractivity contribution in [3.63, 3.8) is 0 Å². The maximum atomic E-state index is 12.8. The van der Waals surface area contributed by atoms with Crippen molar-refractivity contribution in [2.24, 2.45) is 0 Å². The third-order valence-electron chi connectivity index (χ3n) is 4.62. The van der Waals surface area contributed by atoms with Gasteiger partial charge >= 0.3 is 0 Å². The molecule has 2 aromatic heterocycles. The lowest BCUT2D eigenvalue weighted by atomic mass is 10.1. The number of amides is 1. The molecule has 0 aliphatic carbocycles. The fourth-order valence-corrected chi connectivity index (χ4v) is 3.07. The van der Waals surface area contributed by atoms with Gasteiger partial charge in [-0.1, -0.05) is 24.3 Å². The van der Waals surface area contributed by atoms with Crippen molar-refractivity contribution < 1.29 is 14.3 Å². The number of para-hydroxylation sites is 2. The normalized spacial score (nSPS) is 10.7. The Morgan fingerprint density at radius 2 is 1.76 bits per heavy atom. The van der Waals surface area contributed by atoms with Crippen LogP contribution >= 0.6 is 0 Å². The lowest BCUT2D eigenvalue weighted by molar-refractivity contribution is 0.101. The second-order valence-electron chi connectivity index (χ2n) is 6.31. The number of hydrogen-bond acceptors (Lipinski definition) is 6. The molecule has 4 rings (SSSR count). The van der Waals surface area contributed by atoms with Crippen LogP contribution in [0, 0.1) is 6.92 Å². The van der Waals surface area contributed by atoms with Gasteiger partial charge in [0.1, 0.15) is 11.5 Å². The van der Waals surface area contributed by atoms with Crippen LogP contribution in [-0.2, 0) is 0 Å². The summed E-state index contributed by atoms with van der Waals surface area (Å²) in [5, 5.41) is 15.6. The molecule has 0 aliphatic heterocycles. The number of nitrogens with zero attached hydrogens (tertiary/aromatic N) is 4. The van der Waals surface area contributed by atoms with E-state index in [0.717, 1.165) is 16.9 Å². The second-order valence-corrected chi connectivity index (χ2v) is 6.31. The van der Waals surface area contributed by atoms with E-state index in [2.05, 4.69) is 20.6 Å². The molecule has 2 heterocycles. The zero-order valence-electron chi connectivity index (χ0n) is 16.2. The third kappa shape index (κ3) is 3.36. The summed E-state index contributed by atoms with van der Waals surface area (Å²) >= 11 is 0. The fraction of sp³-hybridized carbons (Fsp3) is 0.143. The smallest absolute Gasteiger partial charge is 0.278 e.